The van der Waals surface area contributed by atoms with Crippen LogP contribution in [0.15, 0.2) is 78.9 Å². The molecule has 0 saturated carbocycles. The number of primary amides is 1. The SMILES string of the molecule is Cc1ccccc1C(=O)N(CCN1CCN(c2ccccc2)CC1)c1ccccc1C(N)=O. The quantitative estimate of drug-likeness (QED) is 0.607. The van der Waals surface area contributed by atoms with Crippen LogP contribution in [0.1, 0.15) is 26.3 Å². The fraction of sp³-hybridized carbons (Fsp3) is 0.259. The molecule has 170 valence electrons. The first-order chi connectivity index (χ1) is 16.0. The molecule has 1 saturated heterocycles. The number of carbonyl (C=O) groups excluding carboxylic acids is 2. The van der Waals surface area contributed by atoms with E-state index in [-0.39, 0.29) is 5.91 Å². The molecule has 0 radical (unpaired) electrons. The highest BCUT2D eigenvalue weighted by Crippen LogP contribution is 2.24. The molecule has 2 N–H and O–H groups in total. The molecular weight excluding hydrogens is 412 g/mol. The van der Waals surface area contributed by atoms with Gasteiger partial charge in [-0.15, -0.1) is 0 Å². The Morgan fingerprint density at radius 2 is 1.42 bits per heavy atom. The van der Waals surface area contributed by atoms with Gasteiger partial charge in [-0.25, -0.2) is 0 Å². The van der Waals surface area contributed by atoms with Crippen LogP contribution in [0, 0.1) is 6.92 Å². The normalized spacial score (nSPS) is 14.2. The van der Waals surface area contributed by atoms with Gasteiger partial charge in [0.2, 0.25) is 0 Å². The van der Waals surface area contributed by atoms with Gasteiger partial charge in [-0.05, 0) is 42.8 Å². The number of nitrogens with two attached hydrogens (primary N) is 1. The number of anilines is 2. The Morgan fingerprint density at radius 3 is 2.09 bits per heavy atom. The van der Waals surface area contributed by atoms with E-state index in [2.05, 4.69) is 34.1 Å². The smallest absolute Gasteiger partial charge is 0.258 e. The van der Waals surface area contributed by atoms with Gasteiger partial charge in [-0.1, -0.05) is 48.5 Å². The van der Waals surface area contributed by atoms with Gasteiger partial charge in [0.25, 0.3) is 11.8 Å². The maximum atomic E-state index is 13.6. The Kier molecular flexibility index (Phi) is 7.05. The van der Waals surface area contributed by atoms with E-state index in [1.54, 1.807) is 23.1 Å². The molecule has 1 aliphatic heterocycles. The van der Waals surface area contributed by atoms with Gasteiger partial charge in [-0.2, -0.15) is 0 Å². The molecule has 1 aliphatic rings. The Hall–Kier alpha value is -3.64. The molecular formula is C27H30N4O2. The van der Waals surface area contributed by atoms with Crippen molar-refractivity contribution in [1.82, 2.24) is 4.90 Å². The monoisotopic (exact) mass is 442 g/mol. The summed E-state index contributed by atoms with van der Waals surface area (Å²) in [5, 5.41) is 0. The summed E-state index contributed by atoms with van der Waals surface area (Å²) in [4.78, 5) is 32.1. The second-order valence-corrected chi connectivity index (χ2v) is 8.32. The van der Waals surface area contributed by atoms with Crippen molar-refractivity contribution in [2.45, 2.75) is 6.92 Å². The van der Waals surface area contributed by atoms with Crippen LogP contribution in [-0.2, 0) is 0 Å². The fourth-order valence-electron chi connectivity index (χ4n) is 4.32. The summed E-state index contributed by atoms with van der Waals surface area (Å²) >= 11 is 0. The molecule has 2 amide bonds. The number of nitrogens with zero attached hydrogens (tertiary/aromatic N) is 3. The third-order valence-electron chi connectivity index (χ3n) is 6.21. The minimum absolute atomic E-state index is 0.121. The third-order valence-corrected chi connectivity index (χ3v) is 6.21. The van der Waals surface area contributed by atoms with Crippen LogP contribution >= 0.6 is 0 Å². The first kappa shape index (κ1) is 22.6. The molecule has 0 bridgehead atoms. The molecule has 6 nitrogen and oxygen atoms in total. The molecule has 0 spiro atoms. The first-order valence-electron chi connectivity index (χ1n) is 11.3. The molecule has 0 aliphatic carbocycles. The van der Waals surface area contributed by atoms with Crippen LogP contribution in [0.25, 0.3) is 0 Å². The van der Waals surface area contributed by atoms with Crippen LogP contribution in [0.5, 0.6) is 0 Å². The van der Waals surface area contributed by atoms with E-state index < -0.39 is 5.91 Å². The van der Waals surface area contributed by atoms with Crippen LogP contribution in [0.3, 0.4) is 0 Å². The maximum Gasteiger partial charge on any atom is 0.258 e. The van der Waals surface area contributed by atoms with Crippen LogP contribution < -0.4 is 15.5 Å². The van der Waals surface area contributed by atoms with Crippen molar-refractivity contribution in [3.05, 3.63) is 95.6 Å². The van der Waals surface area contributed by atoms with Crippen molar-refractivity contribution >= 4 is 23.2 Å². The van der Waals surface area contributed by atoms with E-state index >= 15 is 0 Å². The third kappa shape index (κ3) is 5.23. The van der Waals surface area contributed by atoms with E-state index in [0.717, 1.165) is 31.7 Å². The molecule has 33 heavy (non-hydrogen) atoms. The number of rotatable bonds is 7. The number of benzene rings is 3. The number of hydrogen-bond acceptors (Lipinski definition) is 4. The lowest BCUT2D eigenvalue weighted by molar-refractivity contribution is 0.0982. The van der Waals surface area contributed by atoms with Crippen molar-refractivity contribution in [3.63, 3.8) is 0 Å². The number of hydrogen-bond donors (Lipinski definition) is 1. The lowest BCUT2D eigenvalue weighted by Gasteiger charge is -2.37. The Labute approximate surface area is 195 Å². The van der Waals surface area contributed by atoms with Crippen molar-refractivity contribution < 1.29 is 9.59 Å². The van der Waals surface area contributed by atoms with Gasteiger partial charge in [0.05, 0.1) is 11.3 Å². The minimum atomic E-state index is -0.537. The van der Waals surface area contributed by atoms with Crippen LogP contribution in [0.2, 0.25) is 0 Å². The van der Waals surface area contributed by atoms with Gasteiger partial charge in [0, 0.05) is 50.5 Å². The van der Waals surface area contributed by atoms with Gasteiger partial charge < -0.3 is 15.5 Å². The minimum Gasteiger partial charge on any atom is -0.369 e. The molecule has 6 heteroatoms. The van der Waals surface area contributed by atoms with Crippen molar-refractivity contribution in [2.75, 3.05) is 49.1 Å². The van der Waals surface area contributed by atoms with Crippen LogP contribution in [-0.4, -0.2) is 56.0 Å². The van der Waals surface area contributed by atoms with Crippen LogP contribution in [0.4, 0.5) is 11.4 Å². The average Bonchev–Trinajstić information content (AvgIpc) is 2.85. The summed E-state index contributed by atoms with van der Waals surface area (Å²) in [5.74, 6) is -0.658. The van der Waals surface area contributed by atoms with E-state index in [9.17, 15) is 9.59 Å². The summed E-state index contributed by atoms with van der Waals surface area (Å²) in [6.07, 6.45) is 0. The molecule has 1 fully saturated rings. The lowest BCUT2D eigenvalue weighted by Crippen LogP contribution is -2.49. The Balaban J connectivity index is 1.51. The zero-order valence-corrected chi connectivity index (χ0v) is 19.0. The predicted molar refractivity (Wildman–Crippen MR) is 133 cm³/mol. The standard InChI is InChI=1S/C27H30N4O2/c1-21-9-5-6-12-23(21)27(33)31(25-14-8-7-13-24(25)26(28)32)20-17-29-15-18-30(19-16-29)22-10-3-2-4-11-22/h2-14H,15-20H2,1H3,(H2,28,32). The Bertz CT molecular complexity index is 1110. The van der Waals surface area contributed by atoms with E-state index in [0.29, 0.717) is 29.9 Å². The highest BCUT2D eigenvalue weighted by atomic mass is 16.2. The highest BCUT2D eigenvalue weighted by Gasteiger charge is 2.25. The second-order valence-electron chi connectivity index (χ2n) is 8.32. The first-order valence-corrected chi connectivity index (χ1v) is 11.3. The number of piperazine rings is 1. The van der Waals surface area contributed by atoms with E-state index in [1.807, 2.05) is 43.3 Å². The molecule has 3 aromatic rings. The predicted octanol–water partition coefficient (Wildman–Crippen LogP) is 3.56. The van der Waals surface area contributed by atoms with Crippen molar-refractivity contribution in [3.8, 4) is 0 Å². The average molecular weight is 443 g/mol. The molecule has 0 atom stereocenters. The zero-order chi connectivity index (χ0) is 23.2. The van der Waals surface area contributed by atoms with Crippen molar-refractivity contribution in [1.29, 1.82) is 0 Å². The number of aryl methyl sites for hydroxylation is 1. The fourth-order valence-corrected chi connectivity index (χ4v) is 4.32. The van der Waals surface area contributed by atoms with E-state index in [4.69, 9.17) is 5.73 Å². The molecule has 1 heterocycles. The lowest BCUT2D eigenvalue weighted by atomic mass is 10.1. The highest BCUT2D eigenvalue weighted by molar-refractivity contribution is 6.10. The molecule has 0 aromatic heterocycles. The summed E-state index contributed by atoms with van der Waals surface area (Å²) in [6, 6.07) is 25.0. The maximum absolute atomic E-state index is 13.6. The van der Waals surface area contributed by atoms with Gasteiger partial charge in [0.1, 0.15) is 0 Å². The van der Waals surface area contributed by atoms with Crippen molar-refractivity contribution in [2.24, 2.45) is 5.73 Å². The summed E-state index contributed by atoms with van der Waals surface area (Å²) in [7, 11) is 0. The number of carbonyl (C=O) groups is 2. The summed E-state index contributed by atoms with van der Waals surface area (Å²) < 4.78 is 0. The second kappa shape index (κ2) is 10.3. The van der Waals surface area contributed by atoms with Gasteiger partial charge in [0.15, 0.2) is 0 Å². The number of para-hydroxylation sites is 2. The van der Waals surface area contributed by atoms with Gasteiger partial charge >= 0.3 is 0 Å². The van der Waals surface area contributed by atoms with E-state index in [1.165, 1.54) is 5.69 Å². The zero-order valence-electron chi connectivity index (χ0n) is 19.0. The topological polar surface area (TPSA) is 69.9 Å². The van der Waals surface area contributed by atoms with Gasteiger partial charge in [-0.3, -0.25) is 14.5 Å². The molecule has 4 rings (SSSR count). The number of amides is 2. The molecule has 0 unspecified atom stereocenters. The largest absolute Gasteiger partial charge is 0.369 e. The summed E-state index contributed by atoms with van der Waals surface area (Å²) in [6.45, 7) is 6.82. The summed E-state index contributed by atoms with van der Waals surface area (Å²) in [5.41, 5.74) is 9.32. The Morgan fingerprint density at radius 1 is 0.818 bits per heavy atom. The molecule has 3 aromatic carbocycles.